The van der Waals surface area contributed by atoms with Crippen molar-refractivity contribution in [3.05, 3.63) is 10.6 Å². The van der Waals surface area contributed by atoms with Crippen LogP contribution in [0.25, 0.3) is 0 Å². The number of morpholine rings is 1. The first-order valence-corrected chi connectivity index (χ1v) is 13.0. The predicted molar refractivity (Wildman–Crippen MR) is 125 cm³/mol. The highest BCUT2D eigenvalue weighted by Gasteiger charge is 2.54. The number of nitrogens with one attached hydrogen (secondary N) is 1. The number of ether oxygens (including phenoxy) is 1. The normalized spacial score (nSPS) is 34.0. The first kappa shape index (κ1) is 23.0. The summed E-state index contributed by atoms with van der Waals surface area (Å²) in [5, 5.41) is 16.1. The van der Waals surface area contributed by atoms with Crippen molar-refractivity contribution in [3.63, 3.8) is 0 Å². The summed E-state index contributed by atoms with van der Waals surface area (Å²) in [6, 6.07) is 0. The molecule has 2 fully saturated rings. The van der Waals surface area contributed by atoms with E-state index in [0.717, 1.165) is 37.4 Å². The predicted octanol–water partition coefficient (Wildman–Crippen LogP) is 3.90. The third-order valence-electron chi connectivity index (χ3n) is 8.08. The highest BCUT2D eigenvalue weighted by molar-refractivity contribution is 7.15. The van der Waals surface area contributed by atoms with Crippen LogP contribution in [0.2, 0.25) is 0 Å². The Hall–Kier alpha value is -1.18. The lowest BCUT2D eigenvalue weighted by Crippen LogP contribution is -2.54. The van der Waals surface area contributed by atoms with Crippen LogP contribution in [0.1, 0.15) is 69.9 Å². The first-order chi connectivity index (χ1) is 14.9. The minimum Gasteiger partial charge on any atom is -0.392 e. The van der Waals surface area contributed by atoms with Crippen molar-refractivity contribution < 1.29 is 14.6 Å². The van der Waals surface area contributed by atoms with Crippen LogP contribution < -0.4 is 5.32 Å². The van der Waals surface area contributed by atoms with Crippen molar-refractivity contribution in [2.24, 2.45) is 23.2 Å². The quantitative estimate of drug-likeness (QED) is 0.644. The van der Waals surface area contributed by atoms with Crippen molar-refractivity contribution >= 4 is 22.4 Å². The molecular weight excluding hydrogens is 410 g/mol. The van der Waals surface area contributed by atoms with Crippen LogP contribution in [0.3, 0.4) is 0 Å². The van der Waals surface area contributed by atoms with Crippen LogP contribution in [0.5, 0.6) is 0 Å². The number of rotatable bonds is 6. The molecule has 174 valence electrons. The van der Waals surface area contributed by atoms with E-state index in [1.54, 1.807) is 11.3 Å². The molecule has 4 rings (SSSR count). The van der Waals surface area contributed by atoms with Crippen LogP contribution >= 0.6 is 11.3 Å². The Kier molecular flexibility index (Phi) is 6.94. The number of carbonyl (C=O) groups is 1. The fourth-order valence-electron chi connectivity index (χ4n) is 6.25. The van der Waals surface area contributed by atoms with Crippen molar-refractivity contribution in [3.8, 4) is 0 Å². The topological polar surface area (TPSA) is 74.7 Å². The van der Waals surface area contributed by atoms with Gasteiger partial charge in [0.1, 0.15) is 0 Å². The van der Waals surface area contributed by atoms with Gasteiger partial charge in [-0.25, -0.2) is 4.98 Å². The van der Waals surface area contributed by atoms with E-state index in [1.807, 2.05) is 11.8 Å². The van der Waals surface area contributed by atoms with E-state index < -0.39 is 6.10 Å². The number of aromatic nitrogens is 1. The van der Waals surface area contributed by atoms with Gasteiger partial charge in [0, 0.05) is 36.3 Å². The maximum Gasteiger partial charge on any atom is 0.225 e. The molecule has 1 saturated heterocycles. The summed E-state index contributed by atoms with van der Waals surface area (Å²) in [6.45, 7) is 12.3. The Morgan fingerprint density at radius 2 is 2.16 bits per heavy atom. The first-order valence-electron chi connectivity index (χ1n) is 12.1. The van der Waals surface area contributed by atoms with E-state index in [9.17, 15) is 9.90 Å². The third kappa shape index (κ3) is 4.38. The number of fused-ring (bicyclic) bond motifs is 2. The van der Waals surface area contributed by atoms with Crippen molar-refractivity contribution in [2.45, 2.75) is 71.8 Å². The smallest absolute Gasteiger partial charge is 0.225 e. The van der Waals surface area contributed by atoms with Gasteiger partial charge in [-0.2, -0.15) is 0 Å². The summed E-state index contributed by atoms with van der Waals surface area (Å²) in [4.78, 5) is 21.4. The molecule has 7 heteroatoms. The molecule has 3 aliphatic rings. The van der Waals surface area contributed by atoms with E-state index in [-0.39, 0.29) is 35.0 Å². The van der Waals surface area contributed by atoms with Crippen molar-refractivity contribution in [1.82, 2.24) is 9.88 Å². The van der Waals surface area contributed by atoms with Gasteiger partial charge in [-0.05, 0) is 42.9 Å². The molecule has 2 heterocycles. The SMILES string of the molecule is CCCCNc1nc2c(s1)C[C@@]1(C)CC[C@H]([C@H](C)C(=O)N3CCOCC3)[C@H](O)[C@H]1[C@@H]2C. The number of hydrogen-bond acceptors (Lipinski definition) is 6. The van der Waals surface area contributed by atoms with Crippen LogP contribution in [0, 0.1) is 23.2 Å². The lowest BCUT2D eigenvalue weighted by Gasteiger charge is -2.53. The van der Waals surface area contributed by atoms with Crippen LogP contribution in [0.15, 0.2) is 0 Å². The number of unbranched alkanes of at least 4 members (excludes halogenated alkanes) is 1. The molecule has 2 N–H and O–H groups in total. The van der Waals surface area contributed by atoms with E-state index in [4.69, 9.17) is 9.72 Å². The van der Waals surface area contributed by atoms with E-state index in [2.05, 4.69) is 26.1 Å². The minimum absolute atomic E-state index is 0.0122. The summed E-state index contributed by atoms with van der Waals surface area (Å²) in [5.74, 6) is 0.377. The molecule has 6 nitrogen and oxygen atoms in total. The number of anilines is 1. The fraction of sp³-hybridized carbons (Fsp3) is 0.833. The average Bonchev–Trinajstić information content (AvgIpc) is 3.16. The standard InChI is InChI=1S/C24H39N3O3S/c1-5-6-9-25-23-26-20-16(3)19-21(28)17(7-8-24(19,4)14-18(20)31-23)15(2)22(29)27-10-12-30-13-11-27/h15-17,19,21,28H,5-14H2,1-4H3,(H,25,26)/t15-,16-,17+,19+,21-,24+/m0/s1. The number of thiazole rings is 1. The number of nitrogens with zero attached hydrogens (tertiary/aromatic N) is 2. The number of amides is 1. The monoisotopic (exact) mass is 449 g/mol. The Morgan fingerprint density at radius 1 is 1.42 bits per heavy atom. The van der Waals surface area contributed by atoms with Crippen LogP contribution in [-0.4, -0.2) is 59.8 Å². The Morgan fingerprint density at radius 3 is 2.87 bits per heavy atom. The zero-order valence-electron chi connectivity index (χ0n) is 19.5. The minimum atomic E-state index is -0.472. The largest absolute Gasteiger partial charge is 0.392 e. The fourth-order valence-corrected chi connectivity index (χ4v) is 7.54. The second-order valence-electron chi connectivity index (χ2n) is 10.2. The average molecular weight is 450 g/mol. The van der Waals surface area contributed by atoms with E-state index in [1.165, 1.54) is 17.0 Å². The Labute approximate surface area is 190 Å². The van der Waals surface area contributed by atoms with Gasteiger partial charge >= 0.3 is 0 Å². The molecule has 0 aromatic carbocycles. The molecule has 1 aromatic heterocycles. The molecule has 0 bridgehead atoms. The molecule has 1 amide bonds. The Bertz CT molecular complexity index is 778. The molecule has 0 radical (unpaired) electrons. The Balaban J connectivity index is 1.51. The van der Waals surface area contributed by atoms with Crippen molar-refractivity contribution in [2.75, 3.05) is 38.2 Å². The number of carbonyl (C=O) groups excluding carboxylic acids is 1. The summed E-state index contributed by atoms with van der Waals surface area (Å²) in [7, 11) is 0. The van der Waals surface area contributed by atoms with Gasteiger partial charge in [0.25, 0.3) is 0 Å². The van der Waals surface area contributed by atoms with Gasteiger partial charge < -0.3 is 20.1 Å². The molecule has 1 aliphatic heterocycles. The third-order valence-corrected chi connectivity index (χ3v) is 9.11. The molecule has 1 saturated carbocycles. The highest BCUT2D eigenvalue weighted by Crippen LogP contribution is 2.57. The molecule has 0 unspecified atom stereocenters. The van der Waals surface area contributed by atoms with E-state index in [0.29, 0.717) is 26.3 Å². The van der Waals surface area contributed by atoms with Crippen molar-refractivity contribution in [1.29, 1.82) is 0 Å². The molecule has 0 spiro atoms. The second-order valence-corrected chi connectivity index (χ2v) is 11.3. The zero-order valence-corrected chi connectivity index (χ0v) is 20.3. The maximum absolute atomic E-state index is 13.1. The lowest BCUT2D eigenvalue weighted by molar-refractivity contribution is -0.148. The summed E-state index contributed by atoms with van der Waals surface area (Å²) < 4.78 is 5.41. The van der Waals surface area contributed by atoms with Gasteiger partial charge in [-0.1, -0.05) is 34.1 Å². The lowest BCUT2D eigenvalue weighted by atomic mass is 9.53. The molecule has 31 heavy (non-hydrogen) atoms. The molecule has 2 aliphatic carbocycles. The summed E-state index contributed by atoms with van der Waals surface area (Å²) in [6.07, 6.45) is 4.80. The van der Waals surface area contributed by atoms with Gasteiger partial charge in [0.15, 0.2) is 5.13 Å². The van der Waals surface area contributed by atoms with Crippen LogP contribution in [0.4, 0.5) is 5.13 Å². The van der Waals surface area contributed by atoms with Crippen LogP contribution in [-0.2, 0) is 16.0 Å². The van der Waals surface area contributed by atoms with Gasteiger partial charge in [-0.15, -0.1) is 11.3 Å². The number of hydrogen-bond donors (Lipinski definition) is 2. The van der Waals surface area contributed by atoms with E-state index >= 15 is 0 Å². The second kappa shape index (κ2) is 9.36. The summed E-state index contributed by atoms with van der Waals surface area (Å²) in [5.41, 5.74) is 1.23. The van der Waals surface area contributed by atoms with Gasteiger partial charge in [-0.3, -0.25) is 4.79 Å². The highest BCUT2D eigenvalue weighted by atomic mass is 32.1. The molecule has 6 atom stereocenters. The number of aliphatic hydroxyl groups is 1. The van der Waals surface area contributed by atoms with Gasteiger partial charge in [0.2, 0.25) is 5.91 Å². The summed E-state index contributed by atoms with van der Waals surface area (Å²) >= 11 is 1.80. The molecule has 1 aromatic rings. The van der Waals surface area contributed by atoms with Gasteiger partial charge in [0.05, 0.1) is 25.0 Å². The molecular formula is C24H39N3O3S. The maximum atomic E-state index is 13.1. The number of aliphatic hydroxyl groups excluding tert-OH is 1. The zero-order chi connectivity index (χ0) is 22.2.